The van der Waals surface area contributed by atoms with Gasteiger partial charge in [-0.3, -0.25) is 4.79 Å². The molecule has 0 aromatic carbocycles. The maximum Gasteiger partial charge on any atom is 0.256 e. The van der Waals surface area contributed by atoms with Gasteiger partial charge in [0.25, 0.3) is 5.91 Å². The molecule has 134 valence electrons. The van der Waals surface area contributed by atoms with Crippen LogP contribution in [0.15, 0.2) is 12.1 Å². The van der Waals surface area contributed by atoms with Crippen molar-refractivity contribution < 1.29 is 14.3 Å². The Balaban J connectivity index is 2.05. The summed E-state index contributed by atoms with van der Waals surface area (Å²) in [6.07, 6.45) is 5.80. The van der Waals surface area contributed by atoms with Crippen LogP contribution in [0.25, 0.3) is 0 Å². The highest BCUT2D eigenvalue weighted by atomic mass is 16.5. The molecule has 2 unspecified atom stereocenters. The molecule has 0 bridgehead atoms. The van der Waals surface area contributed by atoms with Gasteiger partial charge < -0.3 is 14.8 Å². The molecule has 1 amide bonds. The number of hydrogen-bond acceptors (Lipinski definition) is 4. The van der Waals surface area contributed by atoms with Gasteiger partial charge in [0.05, 0.1) is 18.0 Å². The predicted molar refractivity (Wildman–Crippen MR) is 95.4 cm³/mol. The summed E-state index contributed by atoms with van der Waals surface area (Å²) in [7, 11) is 1.63. The average Bonchev–Trinajstić information content (AvgIpc) is 2.57. The number of unbranched alkanes of at least 4 members (excludes halogenated alkanes) is 1. The Hall–Kier alpha value is -1.62. The summed E-state index contributed by atoms with van der Waals surface area (Å²) in [5, 5.41) is 3.00. The van der Waals surface area contributed by atoms with E-state index in [1.165, 1.54) is 0 Å². The summed E-state index contributed by atoms with van der Waals surface area (Å²) in [6.45, 7) is 6.85. The molecule has 0 radical (unpaired) electrons. The third kappa shape index (κ3) is 4.47. The number of methoxy groups -OCH3 is 1. The largest absolute Gasteiger partial charge is 0.478 e. The minimum absolute atomic E-state index is 0.0684. The van der Waals surface area contributed by atoms with Crippen LogP contribution in [-0.4, -0.2) is 30.2 Å². The van der Waals surface area contributed by atoms with Crippen LogP contribution in [0.1, 0.15) is 58.1 Å². The Morgan fingerprint density at radius 1 is 1.46 bits per heavy atom. The average molecular weight is 334 g/mol. The van der Waals surface area contributed by atoms with Gasteiger partial charge >= 0.3 is 0 Å². The van der Waals surface area contributed by atoms with Gasteiger partial charge in [-0.05, 0) is 44.6 Å². The van der Waals surface area contributed by atoms with E-state index in [0.29, 0.717) is 18.4 Å². The first-order valence-corrected chi connectivity index (χ1v) is 8.98. The van der Waals surface area contributed by atoms with E-state index >= 15 is 0 Å². The van der Waals surface area contributed by atoms with Crippen LogP contribution in [0.2, 0.25) is 0 Å². The lowest BCUT2D eigenvalue weighted by molar-refractivity contribution is -0.143. The molecule has 2 atom stereocenters. The fourth-order valence-electron chi connectivity index (χ4n) is 3.30. The topological polar surface area (TPSA) is 60.5 Å². The number of pyridine rings is 1. The van der Waals surface area contributed by atoms with Crippen molar-refractivity contribution in [2.75, 3.05) is 19.0 Å². The van der Waals surface area contributed by atoms with Gasteiger partial charge in [-0.2, -0.15) is 0 Å². The molecule has 1 N–H and O–H groups in total. The zero-order valence-electron chi connectivity index (χ0n) is 15.4. The second-order valence-electron chi connectivity index (χ2n) is 6.84. The third-order valence-electron chi connectivity index (χ3n) is 4.82. The minimum atomic E-state index is -0.722. The number of aromatic nitrogens is 1. The highest BCUT2D eigenvalue weighted by Crippen LogP contribution is 2.36. The molecule has 1 heterocycles. The van der Waals surface area contributed by atoms with Crippen LogP contribution >= 0.6 is 0 Å². The van der Waals surface area contributed by atoms with E-state index < -0.39 is 5.60 Å². The monoisotopic (exact) mass is 334 g/mol. The van der Waals surface area contributed by atoms with Gasteiger partial charge in [-0.1, -0.05) is 26.7 Å². The summed E-state index contributed by atoms with van der Waals surface area (Å²) in [5.74, 6) is 1.03. The van der Waals surface area contributed by atoms with E-state index in [0.717, 1.165) is 49.9 Å². The Labute approximate surface area is 145 Å². The van der Waals surface area contributed by atoms with Crippen molar-refractivity contribution in [1.82, 2.24) is 4.98 Å². The van der Waals surface area contributed by atoms with Gasteiger partial charge in [-0.15, -0.1) is 0 Å². The van der Waals surface area contributed by atoms with Gasteiger partial charge in [0.2, 0.25) is 5.88 Å². The van der Waals surface area contributed by atoms with Crippen molar-refractivity contribution in [3.63, 3.8) is 0 Å². The van der Waals surface area contributed by atoms with Gasteiger partial charge in [0.15, 0.2) is 0 Å². The molecule has 1 aliphatic rings. The highest BCUT2D eigenvalue weighted by Gasteiger charge is 2.42. The molecule has 2 rings (SSSR count). The van der Waals surface area contributed by atoms with Crippen LogP contribution in [-0.2, 0) is 9.53 Å². The van der Waals surface area contributed by atoms with Crippen molar-refractivity contribution in [2.45, 2.75) is 64.9 Å². The molecule has 0 saturated heterocycles. The number of amides is 1. The summed E-state index contributed by atoms with van der Waals surface area (Å²) in [5.41, 5.74) is 0.755. The van der Waals surface area contributed by atoms with E-state index in [1.807, 2.05) is 13.0 Å². The van der Waals surface area contributed by atoms with Crippen LogP contribution in [0.4, 0.5) is 5.69 Å². The molecule has 0 spiro atoms. The van der Waals surface area contributed by atoms with E-state index in [1.54, 1.807) is 13.2 Å². The molecular weight excluding hydrogens is 304 g/mol. The summed E-state index contributed by atoms with van der Waals surface area (Å²) in [4.78, 5) is 17.2. The molecule has 1 aromatic heterocycles. The summed E-state index contributed by atoms with van der Waals surface area (Å²) >= 11 is 0. The predicted octanol–water partition coefficient (Wildman–Crippen LogP) is 4.10. The number of nitrogens with one attached hydrogen (secondary N) is 1. The van der Waals surface area contributed by atoms with Crippen LogP contribution < -0.4 is 10.1 Å². The van der Waals surface area contributed by atoms with E-state index in [-0.39, 0.29) is 5.91 Å². The third-order valence-corrected chi connectivity index (χ3v) is 4.82. The SMILES string of the molecule is CCCCOc1ccc(NC(=O)C2(OC)CCCC(C)C2)c(C)n1. The molecule has 5 heteroatoms. The fourth-order valence-corrected chi connectivity index (χ4v) is 3.30. The lowest BCUT2D eigenvalue weighted by Crippen LogP contribution is -2.48. The zero-order valence-corrected chi connectivity index (χ0v) is 15.4. The quantitative estimate of drug-likeness (QED) is 0.763. The first-order valence-electron chi connectivity index (χ1n) is 8.98. The van der Waals surface area contributed by atoms with Crippen molar-refractivity contribution in [1.29, 1.82) is 0 Å². The first-order chi connectivity index (χ1) is 11.5. The molecular formula is C19H30N2O3. The van der Waals surface area contributed by atoms with Gasteiger partial charge in [-0.25, -0.2) is 4.98 Å². The van der Waals surface area contributed by atoms with Crippen molar-refractivity contribution in [2.24, 2.45) is 5.92 Å². The number of nitrogens with zero attached hydrogens (tertiary/aromatic N) is 1. The van der Waals surface area contributed by atoms with Gasteiger partial charge in [0, 0.05) is 13.2 Å². The molecule has 5 nitrogen and oxygen atoms in total. The normalized spacial score (nSPS) is 23.8. The van der Waals surface area contributed by atoms with Crippen LogP contribution in [0.3, 0.4) is 0 Å². The second-order valence-corrected chi connectivity index (χ2v) is 6.84. The fraction of sp³-hybridized carbons (Fsp3) is 0.684. The van der Waals surface area contributed by atoms with Crippen molar-refractivity contribution >= 4 is 11.6 Å². The van der Waals surface area contributed by atoms with E-state index in [2.05, 4.69) is 24.1 Å². The Morgan fingerprint density at radius 2 is 2.25 bits per heavy atom. The summed E-state index contributed by atoms with van der Waals surface area (Å²) in [6, 6.07) is 3.67. The Kier molecular flexibility index (Phi) is 6.60. The smallest absolute Gasteiger partial charge is 0.256 e. The minimum Gasteiger partial charge on any atom is -0.478 e. The second kappa shape index (κ2) is 8.47. The number of carbonyl (C=O) groups excluding carboxylic acids is 1. The Morgan fingerprint density at radius 3 is 2.88 bits per heavy atom. The first kappa shape index (κ1) is 18.7. The molecule has 24 heavy (non-hydrogen) atoms. The number of aryl methyl sites for hydroxylation is 1. The molecule has 1 saturated carbocycles. The number of hydrogen-bond donors (Lipinski definition) is 1. The molecule has 0 aliphatic heterocycles. The summed E-state index contributed by atoms with van der Waals surface area (Å²) < 4.78 is 11.3. The maximum atomic E-state index is 12.8. The zero-order chi connectivity index (χ0) is 17.6. The standard InChI is InChI=1S/C19H30N2O3/c1-5-6-12-24-17-10-9-16(15(3)20-17)21-18(22)19(23-4)11-7-8-14(2)13-19/h9-10,14H,5-8,11-13H2,1-4H3,(H,21,22). The molecule has 1 fully saturated rings. The van der Waals surface area contributed by atoms with Crippen molar-refractivity contribution in [3.05, 3.63) is 17.8 Å². The molecule has 1 aliphatic carbocycles. The lowest BCUT2D eigenvalue weighted by Gasteiger charge is -2.37. The van der Waals surface area contributed by atoms with Crippen LogP contribution in [0.5, 0.6) is 5.88 Å². The van der Waals surface area contributed by atoms with Crippen LogP contribution in [0, 0.1) is 12.8 Å². The Bertz CT molecular complexity index is 562. The lowest BCUT2D eigenvalue weighted by atomic mass is 9.78. The van der Waals surface area contributed by atoms with E-state index in [4.69, 9.17) is 9.47 Å². The van der Waals surface area contributed by atoms with Gasteiger partial charge in [0.1, 0.15) is 5.60 Å². The number of anilines is 1. The molecule has 1 aromatic rings. The highest BCUT2D eigenvalue weighted by molar-refractivity contribution is 5.97. The maximum absolute atomic E-state index is 12.8. The van der Waals surface area contributed by atoms with E-state index in [9.17, 15) is 4.79 Å². The number of rotatable bonds is 7. The van der Waals surface area contributed by atoms with Crippen molar-refractivity contribution in [3.8, 4) is 5.88 Å². The number of ether oxygens (including phenoxy) is 2. The number of carbonyl (C=O) groups is 1.